The number of aliphatic hydroxyl groups excluding tert-OH is 1. The molecule has 0 heterocycles. The van der Waals surface area contributed by atoms with Crippen LogP contribution in [0.2, 0.25) is 5.02 Å². The molecule has 0 amide bonds. The molecule has 3 aromatic carbocycles. The Morgan fingerprint density at radius 2 is 1.71 bits per heavy atom. The third-order valence-electron chi connectivity index (χ3n) is 6.45. The first kappa shape index (κ1) is 24.3. The number of nitriles is 1. The highest BCUT2D eigenvalue weighted by atomic mass is 35.5. The fourth-order valence-corrected chi connectivity index (χ4v) is 4.59. The second-order valence-electron chi connectivity index (χ2n) is 8.75. The summed E-state index contributed by atoms with van der Waals surface area (Å²) < 4.78 is 5.44. The maximum atomic E-state index is 13.8. The summed E-state index contributed by atoms with van der Waals surface area (Å²) >= 11 is 6.00. The van der Waals surface area contributed by atoms with Crippen LogP contribution >= 0.6 is 11.6 Å². The van der Waals surface area contributed by atoms with Gasteiger partial charge in [-0.25, -0.2) is 4.79 Å². The molecule has 1 N–H and O–H groups in total. The Morgan fingerprint density at radius 1 is 1.06 bits per heavy atom. The zero-order valence-corrected chi connectivity index (χ0v) is 20.0. The van der Waals surface area contributed by atoms with Gasteiger partial charge in [0.25, 0.3) is 0 Å². The number of Topliss-reactive ketones (excluding diaryl/α,β-unsaturated/α-hetero) is 1. The molecule has 0 aromatic heterocycles. The third kappa shape index (κ3) is 4.99. The van der Waals surface area contributed by atoms with E-state index >= 15 is 0 Å². The second kappa shape index (κ2) is 10.2. The lowest BCUT2D eigenvalue weighted by Crippen LogP contribution is -2.41. The molecule has 3 aromatic rings. The predicted octanol–water partition coefficient (Wildman–Crippen LogP) is 6.47. The van der Waals surface area contributed by atoms with Gasteiger partial charge >= 0.3 is 5.97 Å². The largest absolute Gasteiger partial charge is 0.512 e. The third-order valence-corrected chi connectivity index (χ3v) is 6.70. The molecule has 2 atom stereocenters. The molecule has 0 bridgehead atoms. The number of ether oxygens (including phenoxy) is 1. The van der Waals surface area contributed by atoms with E-state index in [-0.39, 0.29) is 30.8 Å². The normalized spacial score (nSPS) is 19.6. The van der Waals surface area contributed by atoms with Gasteiger partial charge in [0.2, 0.25) is 0 Å². The number of allylic oxidation sites excluding steroid dienone is 1. The van der Waals surface area contributed by atoms with Crippen molar-refractivity contribution in [3.8, 4) is 6.07 Å². The average Bonchev–Trinajstić information content (AvgIpc) is 2.88. The summed E-state index contributed by atoms with van der Waals surface area (Å²) in [6.07, 6.45) is -0.297. The maximum Gasteiger partial charge on any atom is 0.337 e. The molecule has 0 aliphatic heterocycles. The molecule has 5 nitrogen and oxygen atoms in total. The SMILES string of the molecule is Cc1ccc([C@@H]2CC(O)=C(C(=O)OCc3ccccc3)C[C@@]2(C#N)C(=O)c2ccc(Cl)cc2)cc1. The Labute approximate surface area is 209 Å². The van der Waals surface area contributed by atoms with Crippen molar-refractivity contribution in [1.82, 2.24) is 0 Å². The smallest absolute Gasteiger partial charge is 0.337 e. The monoisotopic (exact) mass is 485 g/mol. The molecule has 0 radical (unpaired) electrons. The number of hydrogen-bond donors (Lipinski definition) is 1. The van der Waals surface area contributed by atoms with Gasteiger partial charge in [-0.15, -0.1) is 0 Å². The molecular formula is C29H24ClNO4. The van der Waals surface area contributed by atoms with Crippen molar-refractivity contribution in [2.75, 3.05) is 0 Å². The van der Waals surface area contributed by atoms with Crippen molar-refractivity contribution in [2.24, 2.45) is 5.41 Å². The van der Waals surface area contributed by atoms with Crippen molar-refractivity contribution in [1.29, 1.82) is 5.26 Å². The Kier molecular flexibility index (Phi) is 7.04. The fraction of sp³-hybridized carbons (Fsp3) is 0.207. The van der Waals surface area contributed by atoms with Gasteiger partial charge in [-0.05, 0) is 42.3 Å². The summed E-state index contributed by atoms with van der Waals surface area (Å²) in [5.74, 6) is -1.98. The minimum atomic E-state index is -1.61. The van der Waals surface area contributed by atoms with E-state index < -0.39 is 23.1 Å². The molecular weight excluding hydrogens is 462 g/mol. The van der Waals surface area contributed by atoms with E-state index in [0.29, 0.717) is 10.6 Å². The van der Waals surface area contributed by atoms with Crippen LogP contribution in [0, 0.1) is 23.7 Å². The topological polar surface area (TPSA) is 87.4 Å². The Bertz CT molecular complexity index is 1310. The lowest BCUT2D eigenvalue weighted by atomic mass is 9.61. The number of halogens is 1. The fourth-order valence-electron chi connectivity index (χ4n) is 4.46. The van der Waals surface area contributed by atoms with Crippen molar-refractivity contribution in [3.05, 3.63) is 117 Å². The van der Waals surface area contributed by atoms with Gasteiger partial charge in [0.15, 0.2) is 5.78 Å². The van der Waals surface area contributed by atoms with E-state index in [2.05, 4.69) is 6.07 Å². The number of ketones is 1. The highest BCUT2D eigenvalue weighted by Gasteiger charge is 2.52. The van der Waals surface area contributed by atoms with Crippen LogP contribution in [-0.4, -0.2) is 16.9 Å². The van der Waals surface area contributed by atoms with Gasteiger partial charge in [0, 0.05) is 29.3 Å². The van der Waals surface area contributed by atoms with Crippen LogP contribution in [0.1, 0.15) is 45.8 Å². The van der Waals surface area contributed by atoms with Gasteiger partial charge in [-0.1, -0.05) is 71.8 Å². The van der Waals surface area contributed by atoms with Crippen LogP contribution in [0.3, 0.4) is 0 Å². The molecule has 6 heteroatoms. The Hall–Kier alpha value is -3.88. The van der Waals surface area contributed by atoms with Crippen LogP contribution in [0.15, 0.2) is 90.2 Å². The highest BCUT2D eigenvalue weighted by molar-refractivity contribution is 6.30. The standard InChI is InChI=1S/C29H24ClNO4/c1-19-7-9-21(10-8-19)25-15-26(32)24(28(34)35-17-20-5-3-2-4-6-20)16-29(25,18-31)27(33)22-11-13-23(30)14-12-22/h2-14,25,32H,15-17H2,1H3/t25-,29-/m0/s1. The number of rotatable bonds is 6. The molecule has 1 aliphatic carbocycles. The van der Waals surface area contributed by atoms with Crippen molar-refractivity contribution < 1.29 is 19.4 Å². The highest BCUT2D eigenvalue weighted by Crippen LogP contribution is 2.50. The molecule has 0 spiro atoms. The number of aryl methyl sites for hydroxylation is 1. The summed E-state index contributed by atoms with van der Waals surface area (Å²) in [5.41, 5.74) is 1.21. The predicted molar refractivity (Wildman–Crippen MR) is 133 cm³/mol. The summed E-state index contributed by atoms with van der Waals surface area (Å²) in [6, 6.07) is 25.2. The van der Waals surface area contributed by atoms with Gasteiger partial charge in [-0.3, -0.25) is 4.79 Å². The molecule has 0 unspecified atom stereocenters. The number of nitrogens with zero attached hydrogens (tertiary/aromatic N) is 1. The first-order valence-corrected chi connectivity index (χ1v) is 11.6. The lowest BCUT2D eigenvalue weighted by molar-refractivity contribution is -0.141. The minimum absolute atomic E-state index is 0.0164. The first-order chi connectivity index (χ1) is 16.8. The molecule has 1 aliphatic rings. The van der Waals surface area contributed by atoms with Gasteiger partial charge < -0.3 is 9.84 Å². The van der Waals surface area contributed by atoms with Crippen LogP contribution < -0.4 is 0 Å². The number of carbonyl (C=O) groups is 2. The summed E-state index contributed by atoms with van der Waals surface area (Å²) in [4.78, 5) is 26.8. The van der Waals surface area contributed by atoms with Gasteiger partial charge in [0.1, 0.15) is 17.8 Å². The van der Waals surface area contributed by atoms with Crippen molar-refractivity contribution in [3.63, 3.8) is 0 Å². The van der Waals surface area contributed by atoms with E-state index in [4.69, 9.17) is 16.3 Å². The van der Waals surface area contributed by atoms with E-state index in [0.717, 1.165) is 16.7 Å². The molecule has 176 valence electrons. The van der Waals surface area contributed by atoms with E-state index in [1.807, 2.05) is 61.5 Å². The van der Waals surface area contributed by atoms with Crippen LogP contribution in [0.4, 0.5) is 0 Å². The quantitative estimate of drug-likeness (QED) is 0.319. The first-order valence-electron chi connectivity index (χ1n) is 11.2. The average molecular weight is 486 g/mol. The summed E-state index contributed by atoms with van der Waals surface area (Å²) in [5, 5.41) is 21.8. The number of hydrogen-bond acceptors (Lipinski definition) is 5. The number of esters is 1. The summed E-state index contributed by atoms with van der Waals surface area (Å²) in [7, 11) is 0. The van der Waals surface area contributed by atoms with E-state index in [9.17, 15) is 20.0 Å². The van der Waals surface area contributed by atoms with Gasteiger partial charge in [-0.2, -0.15) is 5.26 Å². The second-order valence-corrected chi connectivity index (χ2v) is 9.19. The van der Waals surface area contributed by atoms with Crippen molar-refractivity contribution in [2.45, 2.75) is 32.3 Å². The number of benzene rings is 3. The molecule has 35 heavy (non-hydrogen) atoms. The molecule has 0 fully saturated rings. The van der Waals surface area contributed by atoms with E-state index in [1.54, 1.807) is 24.3 Å². The Morgan fingerprint density at radius 3 is 2.34 bits per heavy atom. The number of carbonyl (C=O) groups excluding carboxylic acids is 2. The van der Waals surface area contributed by atoms with Crippen LogP contribution in [-0.2, 0) is 16.1 Å². The number of aliphatic hydroxyl groups is 1. The maximum absolute atomic E-state index is 13.8. The molecule has 4 rings (SSSR count). The minimum Gasteiger partial charge on any atom is -0.512 e. The zero-order chi connectivity index (χ0) is 25.0. The van der Waals surface area contributed by atoms with Crippen molar-refractivity contribution >= 4 is 23.4 Å². The lowest BCUT2D eigenvalue weighted by Gasteiger charge is -2.38. The molecule has 0 saturated carbocycles. The van der Waals surface area contributed by atoms with Crippen LogP contribution in [0.5, 0.6) is 0 Å². The van der Waals surface area contributed by atoms with Crippen LogP contribution in [0.25, 0.3) is 0 Å². The Balaban J connectivity index is 1.73. The van der Waals surface area contributed by atoms with E-state index in [1.165, 1.54) is 0 Å². The molecule has 0 saturated heterocycles. The van der Waals surface area contributed by atoms with Gasteiger partial charge in [0.05, 0.1) is 11.6 Å². The summed E-state index contributed by atoms with van der Waals surface area (Å²) in [6.45, 7) is 1.96. The zero-order valence-electron chi connectivity index (χ0n) is 19.2.